The largest absolute Gasteiger partial charge is 0.371 e. The predicted octanol–water partition coefficient (Wildman–Crippen LogP) is 3.62. The van der Waals surface area contributed by atoms with E-state index in [9.17, 15) is 4.79 Å². The molecule has 4 heteroatoms. The second-order valence-electron chi connectivity index (χ2n) is 6.37. The zero-order valence-electron chi connectivity index (χ0n) is 14.2. The Morgan fingerprint density at radius 1 is 1.16 bits per heavy atom. The molecule has 1 amide bonds. The number of benzene rings is 2. The zero-order chi connectivity index (χ0) is 17.2. The topological polar surface area (TPSA) is 42.4 Å². The van der Waals surface area contributed by atoms with Gasteiger partial charge in [-0.3, -0.25) is 9.78 Å². The van der Waals surface area contributed by atoms with E-state index in [2.05, 4.69) is 23.2 Å². The van der Waals surface area contributed by atoms with Gasteiger partial charge in [-0.25, -0.2) is 0 Å². The van der Waals surface area contributed by atoms with Crippen LogP contribution in [0.15, 0.2) is 60.8 Å². The lowest BCUT2D eigenvalue weighted by molar-refractivity contribution is 0.0199. The zero-order valence-corrected chi connectivity index (χ0v) is 14.2. The fraction of sp³-hybridized carbons (Fsp3) is 0.238. The minimum Gasteiger partial charge on any atom is -0.371 e. The van der Waals surface area contributed by atoms with Crippen LogP contribution in [0.3, 0.4) is 0 Å². The number of carbonyl (C=O) groups excluding carboxylic acids is 1. The van der Waals surface area contributed by atoms with Crippen molar-refractivity contribution in [3.63, 3.8) is 0 Å². The van der Waals surface area contributed by atoms with Crippen LogP contribution in [0.4, 0.5) is 0 Å². The molecule has 3 aromatic rings. The maximum atomic E-state index is 13.0. The molecule has 0 saturated carbocycles. The Balaban J connectivity index is 1.59. The van der Waals surface area contributed by atoms with Crippen LogP contribution in [0.2, 0.25) is 0 Å². The summed E-state index contributed by atoms with van der Waals surface area (Å²) in [5.74, 6) is -0.0801. The third-order valence-electron chi connectivity index (χ3n) is 4.76. The van der Waals surface area contributed by atoms with Crippen LogP contribution in [0.5, 0.6) is 0 Å². The molecule has 0 aliphatic carbocycles. The van der Waals surface area contributed by atoms with E-state index in [1.807, 2.05) is 43.4 Å². The number of pyridine rings is 1. The van der Waals surface area contributed by atoms with Crippen LogP contribution in [0.25, 0.3) is 10.8 Å². The van der Waals surface area contributed by atoms with Gasteiger partial charge in [0.1, 0.15) is 11.8 Å². The first kappa shape index (κ1) is 15.8. The molecule has 0 saturated heterocycles. The fourth-order valence-electron chi connectivity index (χ4n) is 3.43. The molecule has 1 aliphatic rings. The molecule has 0 N–H and O–H groups in total. The van der Waals surface area contributed by atoms with Crippen molar-refractivity contribution in [1.82, 2.24) is 9.88 Å². The summed E-state index contributed by atoms with van der Waals surface area (Å²) in [6.45, 7) is 1.21. The number of ether oxygens (including phenoxy) is 1. The van der Waals surface area contributed by atoms with Crippen molar-refractivity contribution in [2.24, 2.45) is 0 Å². The highest BCUT2D eigenvalue weighted by molar-refractivity contribution is 6.05. The molecular formula is C21H20N2O2. The molecule has 0 fully saturated rings. The summed E-state index contributed by atoms with van der Waals surface area (Å²) >= 11 is 0. The van der Waals surface area contributed by atoms with E-state index in [0.717, 1.165) is 17.2 Å². The van der Waals surface area contributed by atoms with Crippen LogP contribution in [-0.4, -0.2) is 36.0 Å². The van der Waals surface area contributed by atoms with E-state index in [1.54, 1.807) is 11.1 Å². The maximum absolute atomic E-state index is 13.0. The second kappa shape index (κ2) is 6.65. The highest BCUT2D eigenvalue weighted by atomic mass is 16.5. The minimum absolute atomic E-state index is 0.0801. The molecule has 1 unspecified atom stereocenters. The highest BCUT2D eigenvalue weighted by Gasteiger charge is 2.25. The normalized spacial score (nSPS) is 16.4. The Bertz CT molecular complexity index is 917. The molecule has 4 rings (SSSR count). The average molecular weight is 332 g/mol. The summed E-state index contributed by atoms with van der Waals surface area (Å²) in [5.41, 5.74) is 2.98. The fourth-order valence-corrected chi connectivity index (χ4v) is 3.43. The molecule has 25 heavy (non-hydrogen) atoms. The van der Waals surface area contributed by atoms with E-state index in [-0.39, 0.29) is 12.0 Å². The Morgan fingerprint density at radius 3 is 2.88 bits per heavy atom. The molecule has 4 nitrogen and oxygen atoms in total. The van der Waals surface area contributed by atoms with Crippen molar-refractivity contribution in [3.05, 3.63) is 77.6 Å². The van der Waals surface area contributed by atoms with Gasteiger partial charge >= 0.3 is 0 Å². The number of amides is 1. The first-order valence-corrected chi connectivity index (χ1v) is 8.52. The van der Waals surface area contributed by atoms with Crippen LogP contribution < -0.4 is 0 Å². The molecule has 2 heterocycles. The maximum Gasteiger partial charge on any atom is 0.272 e. The van der Waals surface area contributed by atoms with Crippen LogP contribution in [-0.2, 0) is 11.2 Å². The number of rotatable bonds is 3. The van der Waals surface area contributed by atoms with Crippen molar-refractivity contribution < 1.29 is 9.53 Å². The van der Waals surface area contributed by atoms with Gasteiger partial charge in [-0.2, -0.15) is 0 Å². The molecule has 0 spiro atoms. The second-order valence-corrected chi connectivity index (χ2v) is 6.37. The molecule has 1 aliphatic heterocycles. The monoisotopic (exact) mass is 332 g/mol. The van der Waals surface area contributed by atoms with Gasteiger partial charge in [-0.1, -0.05) is 48.5 Å². The number of aromatic nitrogens is 1. The Hall–Kier alpha value is -2.72. The van der Waals surface area contributed by atoms with Gasteiger partial charge in [-0.15, -0.1) is 0 Å². The van der Waals surface area contributed by atoms with E-state index < -0.39 is 0 Å². The molecule has 1 aromatic heterocycles. The summed E-state index contributed by atoms with van der Waals surface area (Å²) in [5, 5.41) is 1.90. The SMILES string of the molecule is CN(CC1OCCc2ccccc21)C(=O)c1nccc2ccccc12. The predicted molar refractivity (Wildman–Crippen MR) is 97.5 cm³/mol. The van der Waals surface area contributed by atoms with Crippen molar-refractivity contribution >= 4 is 16.7 Å². The van der Waals surface area contributed by atoms with Crippen molar-refractivity contribution in [2.75, 3.05) is 20.2 Å². The molecule has 126 valence electrons. The summed E-state index contributed by atoms with van der Waals surface area (Å²) < 4.78 is 5.93. The quantitative estimate of drug-likeness (QED) is 0.736. The molecule has 0 bridgehead atoms. The van der Waals surface area contributed by atoms with Crippen molar-refractivity contribution in [1.29, 1.82) is 0 Å². The molecule has 0 radical (unpaired) electrons. The lowest BCUT2D eigenvalue weighted by atomic mass is 9.97. The summed E-state index contributed by atoms with van der Waals surface area (Å²) in [7, 11) is 1.81. The van der Waals surface area contributed by atoms with Crippen molar-refractivity contribution in [3.8, 4) is 0 Å². The van der Waals surface area contributed by atoms with Gasteiger partial charge in [-0.05, 0) is 29.0 Å². The lowest BCUT2D eigenvalue weighted by Gasteiger charge is -2.29. The third kappa shape index (κ3) is 3.01. The number of hydrogen-bond donors (Lipinski definition) is 0. The van der Waals surface area contributed by atoms with Crippen LogP contribution in [0.1, 0.15) is 27.7 Å². The van der Waals surface area contributed by atoms with E-state index in [1.165, 1.54) is 11.1 Å². The van der Waals surface area contributed by atoms with Crippen LogP contribution >= 0.6 is 0 Å². The van der Waals surface area contributed by atoms with E-state index >= 15 is 0 Å². The summed E-state index contributed by atoms with van der Waals surface area (Å²) in [4.78, 5) is 19.0. The van der Waals surface area contributed by atoms with Gasteiger partial charge in [0.25, 0.3) is 5.91 Å². The van der Waals surface area contributed by atoms with Gasteiger partial charge < -0.3 is 9.64 Å². The first-order chi connectivity index (χ1) is 12.2. The highest BCUT2D eigenvalue weighted by Crippen LogP contribution is 2.28. The minimum atomic E-state index is -0.0890. The Kier molecular flexibility index (Phi) is 4.20. The van der Waals surface area contributed by atoms with Gasteiger partial charge in [0, 0.05) is 18.6 Å². The Morgan fingerprint density at radius 2 is 1.96 bits per heavy atom. The number of hydrogen-bond acceptors (Lipinski definition) is 3. The molecular weight excluding hydrogens is 312 g/mol. The van der Waals surface area contributed by atoms with Gasteiger partial charge in [0.05, 0.1) is 13.2 Å². The number of carbonyl (C=O) groups is 1. The smallest absolute Gasteiger partial charge is 0.272 e. The molecule has 2 aromatic carbocycles. The third-order valence-corrected chi connectivity index (χ3v) is 4.76. The standard InChI is InChI=1S/C21H20N2O2/c1-23(14-19-17-8-4-2-7-16(17)11-13-25-19)21(24)20-18-9-5-3-6-15(18)10-12-22-20/h2-10,12,19H,11,13-14H2,1H3. The first-order valence-electron chi connectivity index (χ1n) is 8.52. The number of likely N-dealkylation sites (N-methyl/N-ethyl adjacent to an activating group) is 1. The van der Waals surface area contributed by atoms with E-state index in [0.29, 0.717) is 18.8 Å². The molecule has 1 atom stereocenters. The average Bonchev–Trinajstić information content (AvgIpc) is 2.67. The van der Waals surface area contributed by atoms with Gasteiger partial charge in [0.2, 0.25) is 0 Å². The van der Waals surface area contributed by atoms with E-state index in [4.69, 9.17) is 4.74 Å². The summed E-state index contributed by atoms with van der Waals surface area (Å²) in [6.07, 6.45) is 2.53. The summed E-state index contributed by atoms with van der Waals surface area (Å²) in [6, 6.07) is 18.1. The van der Waals surface area contributed by atoms with Crippen LogP contribution in [0, 0.1) is 0 Å². The Labute approximate surface area is 147 Å². The number of fused-ring (bicyclic) bond motifs is 2. The lowest BCUT2D eigenvalue weighted by Crippen LogP contribution is -2.34. The van der Waals surface area contributed by atoms with Gasteiger partial charge in [0.15, 0.2) is 0 Å². The number of nitrogens with zero attached hydrogens (tertiary/aromatic N) is 2. The van der Waals surface area contributed by atoms with Crippen molar-refractivity contribution in [2.45, 2.75) is 12.5 Å².